The third-order valence-electron chi connectivity index (χ3n) is 3.40. The van der Waals surface area contributed by atoms with Crippen LogP contribution in [-0.2, 0) is 4.74 Å². The molecule has 1 atom stereocenters. The van der Waals surface area contributed by atoms with Gasteiger partial charge >= 0.3 is 0 Å². The minimum Gasteiger partial charge on any atom is -0.379 e. The highest BCUT2D eigenvalue weighted by atomic mass is 16.5. The van der Waals surface area contributed by atoms with Crippen molar-refractivity contribution in [2.75, 3.05) is 18.5 Å². The van der Waals surface area contributed by atoms with Crippen LogP contribution in [0.4, 0.5) is 5.69 Å². The summed E-state index contributed by atoms with van der Waals surface area (Å²) in [5, 5.41) is 3.11. The van der Waals surface area contributed by atoms with Gasteiger partial charge in [-0.3, -0.25) is 4.99 Å². The van der Waals surface area contributed by atoms with Gasteiger partial charge in [-0.15, -0.1) is 0 Å². The molecule has 1 aromatic carbocycles. The van der Waals surface area contributed by atoms with E-state index in [2.05, 4.69) is 36.3 Å². The van der Waals surface area contributed by atoms with Gasteiger partial charge < -0.3 is 15.8 Å². The van der Waals surface area contributed by atoms with Crippen LogP contribution >= 0.6 is 0 Å². The molecule has 0 amide bonds. The number of hydrogen-bond acceptors (Lipinski definition) is 2. The van der Waals surface area contributed by atoms with Crippen LogP contribution in [0.3, 0.4) is 0 Å². The Morgan fingerprint density at radius 3 is 2.48 bits per heavy atom. The summed E-state index contributed by atoms with van der Waals surface area (Å²) in [4.78, 5) is 4.29. The summed E-state index contributed by atoms with van der Waals surface area (Å²) >= 11 is 0. The van der Waals surface area contributed by atoms with Gasteiger partial charge in [0.25, 0.3) is 0 Å². The molecule has 0 fully saturated rings. The SMILES string of the molecule is CCC(C)c1ccc(NC(N)=NCCCOC(C)C)cc1. The van der Waals surface area contributed by atoms with Crippen LogP contribution in [0, 0.1) is 0 Å². The van der Waals surface area contributed by atoms with E-state index in [0.717, 1.165) is 25.1 Å². The molecule has 0 aromatic heterocycles. The quantitative estimate of drug-likeness (QED) is 0.436. The average Bonchev–Trinajstić information content (AvgIpc) is 2.46. The normalized spacial score (nSPS) is 13.5. The Balaban J connectivity index is 2.38. The zero-order valence-corrected chi connectivity index (χ0v) is 13.7. The van der Waals surface area contributed by atoms with E-state index in [1.165, 1.54) is 5.56 Å². The number of nitrogens with zero attached hydrogens (tertiary/aromatic N) is 1. The number of nitrogens with one attached hydrogen (secondary N) is 1. The molecule has 0 aliphatic carbocycles. The first-order valence-corrected chi connectivity index (χ1v) is 7.81. The molecule has 1 unspecified atom stereocenters. The summed E-state index contributed by atoms with van der Waals surface area (Å²) in [7, 11) is 0. The van der Waals surface area contributed by atoms with Gasteiger partial charge in [0.2, 0.25) is 0 Å². The molecule has 0 radical (unpaired) electrons. The molecule has 0 spiro atoms. The molecule has 4 heteroatoms. The molecule has 0 aliphatic heterocycles. The predicted octanol–water partition coefficient (Wildman–Crippen LogP) is 3.74. The minimum absolute atomic E-state index is 0.272. The number of nitrogens with two attached hydrogens (primary N) is 1. The van der Waals surface area contributed by atoms with Crippen LogP contribution in [-0.4, -0.2) is 25.2 Å². The lowest BCUT2D eigenvalue weighted by atomic mass is 9.99. The maximum atomic E-state index is 5.87. The molecular weight excluding hydrogens is 262 g/mol. The molecule has 4 nitrogen and oxygen atoms in total. The van der Waals surface area contributed by atoms with E-state index >= 15 is 0 Å². The van der Waals surface area contributed by atoms with Crippen molar-refractivity contribution >= 4 is 11.6 Å². The standard InChI is InChI=1S/C17H29N3O/c1-5-14(4)15-7-9-16(10-8-15)20-17(18)19-11-6-12-21-13(2)3/h7-10,13-14H,5-6,11-12H2,1-4H3,(H3,18,19,20). The fourth-order valence-corrected chi connectivity index (χ4v) is 1.90. The molecule has 1 rings (SSSR count). The van der Waals surface area contributed by atoms with E-state index in [0.29, 0.717) is 18.4 Å². The molecule has 0 heterocycles. The van der Waals surface area contributed by atoms with Crippen LogP contribution in [0.1, 0.15) is 52.0 Å². The van der Waals surface area contributed by atoms with Gasteiger partial charge in [-0.25, -0.2) is 0 Å². The van der Waals surface area contributed by atoms with Gasteiger partial charge in [-0.1, -0.05) is 26.0 Å². The number of ether oxygens (including phenoxy) is 1. The van der Waals surface area contributed by atoms with Crippen molar-refractivity contribution in [2.24, 2.45) is 10.7 Å². The van der Waals surface area contributed by atoms with Crippen LogP contribution in [0.15, 0.2) is 29.3 Å². The van der Waals surface area contributed by atoms with Crippen LogP contribution in [0.5, 0.6) is 0 Å². The lowest BCUT2D eigenvalue weighted by Crippen LogP contribution is -2.23. The van der Waals surface area contributed by atoms with Crippen molar-refractivity contribution in [3.63, 3.8) is 0 Å². The van der Waals surface area contributed by atoms with Crippen molar-refractivity contribution < 1.29 is 4.74 Å². The Hall–Kier alpha value is -1.55. The lowest BCUT2D eigenvalue weighted by molar-refractivity contribution is 0.0783. The highest BCUT2D eigenvalue weighted by Crippen LogP contribution is 2.20. The molecular formula is C17H29N3O. The summed E-state index contributed by atoms with van der Waals surface area (Å²) in [6, 6.07) is 8.37. The van der Waals surface area contributed by atoms with Gasteiger partial charge in [0, 0.05) is 18.8 Å². The Labute approximate surface area is 128 Å². The number of anilines is 1. The summed E-state index contributed by atoms with van der Waals surface area (Å²) in [6.07, 6.45) is 2.30. The van der Waals surface area contributed by atoms with Crippen molar-refractivity contribution in [2.45, 2.75) is 52.6 Å². The number of benzene rings is 1. The van der Waals surface area contributed by atoms with Gasteiger partial charge in [0.15, 0.2) is 5.96 Å². The second-order valence-corrected chi connectivity index (χ2v) is 5.60. The predicted molar refractivity (Wildman–Crippen MR) is 91.0 cm³/mol. The van der Waals surface area contributed by atoms with Gasteiger partial charge in [-0.2, -0.15) is 0 Å². The number of guanidine groups is 1. The van der Waals surface area contributed by atoms with Gasteiger partial charge in [0.05, 0.1) is 6.10 Å². The summed E-state index contributed by atoms with van der Waals surface area (Å²) in [5.41, 5.74) is 8.19. The second-order valence-electron chi connectivity index (χ2n) is 5.60. The first kappa shape index (κ1) is 17.5. The molecule has 0 aliphatic rings. The molecule has 0 bridgehead atoms. The summed E-state index contributed by atoms with van der Waals surface area (Å²) < 4.78 is 5.46. The van der Waals surface area contributed by atoms with E-state index in [1.54, 1.807) is 0 Å². The highest BCUT2D eigenvalue weighted by molar-refractivity contribution is 5.92. The highest BCUT2D eigenvalue weighted by Gasteiger charge is 2.02. The van der Waals surface area contributed by atoms with E-state index in [-0.39, 0.29) is 6.10 Å². The van der Waals surface area contributed by atoms with E-state index in [4.69, 9.17) is 10.5 Å². The van der Waals surface area contributed by atoms with Crippen molar-refractivity contribution in [3.8, 4) is 0 Å². The Bertz CT molecular complexity index is 426. The zero-order valence-electron chi connectivity index (χ0n) is 13.7. The molecule has 0 saturated carbocycles. The van der Waals surface area contributed by atoms with E-state index in [9.17, 15) is 0 Å². The third-order valence-corrected chi connectivity index (χ3v) is 3.40. The van der Waals surface area contributed by atoms with Crippen molar-refractivity contribution in [1.82, 2.24) is 0 Å². The van der Waals surface area contributed by atoms with Gasteiger partial charge in [-0.05, 0) is 50.3 Å². The van der Waals surface area contributed by atoms with E-state index < -0.39 is 0 Å². The molecule has 21 heavy (non-hydrogen) atoms. The molecule has 0 saturated heterocycles. The van der Waals surface area contributed by atoms with Crippen LogP contribution < -0.4 is 11.1 Å². The first-order valence-electron chi connectivity index (χ1n) is 7.81. The Morgan fingerprint density at radius 1 is 1.24 bits per heavy atom. The zero-order chi connectivity index (χ0) is 15.7. The first-order chi connectivity index (χ1) is 10.0. The van der Waals surface area contributed by atoms with Crippen LogP contribution in [0.25, 0.3) is 0 Å². The van der Waals surface area contributed by atoms with Crippen LogP contribution in [0.2, 0.25) is 0 Å². The molecule has 1 aromatic rings. The minimum atomic E-state index is 0.272. The third kappa shape index (κ3) is 7.14. The molecule has 3 N–H and O–H groups in total. The smallest absolute Gasteiger partial charge is 0.193 e. The second kappa shape index (κ2) is 9.40. The maximum absolute atomic E-state index is 5.87. The summed E-state index contributed by atoms with van der Waals surface area (Å²) in [5.74, 6) is 1.04. The topological polar surface area (TPSA) is 59.6 Å². The fraction of sp³-hybridized carbons (Fsp3) is 0.588. The summed E-state index contributed by atoms with van der Waals surface area (Å²) in [6.45, 7) is 9.89. The Morgan fingerprint density at radius 2 is 1.90 bits per heavy atom. The number of hydrogen-bond donors (Lipinski definition) is 2. The average molecular weight is 291 g/mol. The van der Waals surface area contributed by atoms with Crippen molar-refractivity contribution in [1.29, 1.82) is 0 Å². The Kier molecular flexibility index (Phi) is 7.83. The van der Waals surface area contributed by atoms with E-state index in [1.807, 2.05) is 26.0 Å². The molecule has 118 valence electrons. The largest absolute Gasteiger partial charge is 0.379 e. The lowest BCUT2D eigenvalue weighted by Gasteiger charge is -2.11. The fourth-order valence-electron chi connectivity index (χ4n) is 1.90. The maximum Gasteiger partial charge on any atom is 0.193 e. The van der Waals surface area contributed by atoms with Gasteiger partial charge in [0.1, 0.15) is 0 Å². The number of rotatable bonds is 8. The number of aliphatic imine (C=N–C) groups is 1. The monoisotopic (exact) mass is 291 g/mol. The van der Waals surface area contributed by atoms with Crippen molar-refractivity contribution in [3.05, 3.63) is 29.8 Å².